The molecule has 20 heavy (non-hydrogen) atoms. The van der Waals surface area contributed by atoms with Crippen molar-refractivity contribution in [3.8, 4) is 0 Å². The van der Waals surface area contributed by atoms with Crippen molar-refractivity contribution in [3.63, 3.8) is 0 Å². The molecule has 1 N–H and O–H groups in total. The average Bonchev–Trinajstić information content (AvgIpc) is 2.83. The quantitative estimate of drug-likeness (QED) is 0.871. The maximum absolute atomic E-state index is 13.7. The van der Waals surface area contributed by atoms with E-state index in [2.05, 4.69) is 19.2 Å². The largest absolute Gasteiger partial charge is 0.456 e. The summed E-state index contributed by atoms with van der Waals surface area (Å²) in [6, 6.07) is 6.76. The second-order valence-corrected chi connectivity index (χ2v) is 5.29. The number of likely N-dealkylation sites (N-methyl/N-ethyl adjacent to an activating group) is 1. The molecule has 1 aromatic heterocycles. The highest BCUT2D eigenvalue weighted by Crippen LogP contribution is 2.30. The molecule has 2 aromatic rings. The lowest BCUT2D eigenvalue weighted by atomic mass is 9.97. The Balaban J connectivity index is 2.43. The SMILES string of the molecule is CCNC(c1cc2cccc(F)c2o1)C(OC)C(C)C. The van der Waals surface area contributed by atoms with Crippen LogP contribution in [0.25, 0.3) is 11.0 Å². The van der Waals surface area contributed by atoms with Gasteiger partial charge in [-0.05, 0) is 24.6 Å². The fourth-order valence-corrected chi connectivity index (χ4v) is 2.59. The van der Waals surface area contributed by atoms with Crippen molar-refractivity contribution >= 4 is 11.0 Å². The van der Waals surface area contributed by atoms with Crippen LogP contribution in [0.3, 0.4) is 0 Å². The molecule has 110 valence electrons. The van der Waals surface area contributed by atoms with Gasteiger partial charge in [0.2, 0.25) is 0 Å². The van der Waals surface area contributed by atoms with Gasteiger partial charge in [-0.25, -0.2) is 4.39 Å². The van der Waals surface area contributed by atoms with Gasteiger partial charge >= 0.3 is 0 Å². The first-order chi connectivity index (χ1) is 9.58. The van der Waals surface area contributed by atoms with Crippen LogP contribution in [-0.4, -0.2) is 19.8 Å². The van der Waals surface area contributed by atoms with Crippen molar-refractivity contribution in [2.24, 2.45) is 5.92 Å². The molecule has 1 heterocycles. The van der Waals surface area contributed by atoms with Crippen molar-refractivity contribution in [2.75, 3.05) is 13.7 Å². The molecule has 0 aliphatic carbocycles. The van der Waals surface area contributed by atoms with Gasteiger partial charge in [-0.1, -0.05) is 32.9 Å². The normalized spacial score (nSPS) is 14.9. The third kappa shape index (κ3) is 2.86. The molecule has 0 saturated carbocycles. The van der Waals surface area contributed by atoms with Crippen molar-refractivity contribution in [1.29, 1.82) is 0 Å². The van der Waals surface area contributed by atoms with Crippen molar-refractivity contribution < 1.29 is 13.5 Å². The molecule has 0 bridgehead atoms. The molecule has 0 fully saturated rings. The zero-order valence-corrected chi connectivity index (χ0v) is 12.4. The number of para-hydroxylation sites is 1. The number of benzene rings is 1. The van der Waals surface area contributed by atoms with Crippen LogP contribution in [0.1, 0.15) is 32.6 Å². The number of halogens is 1. The zero-order valence-electron chi connectivity index (χ0n) is 12.4. The van der Waals surface area contributed by atoms with Crippen LogP contribution in [0, 0.1) is 11.7 Å². The second kappa shape index (κ2) is 6.37. The molecule has 1 aromatic carbocycles. The Morgan fingerprint density at radius 2 is 2.10 bits per heavy atom. The number of fused-ring (bicyclic) bond motifs is 1. The van der Waals surface area contributed by atoms with Crippen molar-refractivity contribution in [3.05, 3.63) is 35.8 Å². The third-order valence-electron chi connectivity index (χ3n) is 3.50. The molecule has 2 atom stereocenters. The van der Waals surface area contributed by atoms with E-state index >= 15 is 0 Å². The van der Waals surface area contributed by atoms with Crippen molar-refractivity contribution in [2.45, 2.75) is 32.9 Å². The maximum Gasteiger partial charge on any atom is 0.169 e. The van der Waals surface area contributed by atoms with E-state index in [1.807, 2.05) is 19.1 Å². The van der Waals surface area contributed by atoms with Crippen LogP contribution >= 0.6 is 0 Å². The van der Waals surface area contributed by atoms with Crippen LogP contribution in [0.4, 0.5) is 4.39 Å². The summed E-state index contributed by atoms with van der Waals surface area (Å²) in [7, 11) is 1.69. The minimum atomic E-state index is -0.331. The zero-order chi connectivity index (χ0) is 14.7. The van der Waals surface area contributed by atoms with Gasteiger partial charge in [0.25, 0.3) is 0 Å². The smallest absolute Gasteiger partial charge is 0.169 e. The number of ether oxygens (including phenoxy) is 1. The van der Waals surface area contributed by atoms with E-state index in [9.17, 15) is 4.39 Å². The van der Waals surface area contributed by atoms with Crippen LogP contribution in [0.15, 0.2) is 28.7 Å². The van der Waals surface area contributed by atoms with E-state index in [1.54, 1.807) is 13.2 Å². The summed E-state index contributed by atoms with van der Waals surface area (Å²) >= 11 is 0. The van der Waals surface area contributed by atoms with Crippen LogP contribution in [0.5, 0.6) is 0 Å². The molecule has 0 spiro atoms. The highest BCUT2D eigenvalue weighted by molar-refractivity contribution is 5.78. The lowest BCUT2D eigenvalue weighted by Gasteiger charge is -2.28. The summed E-state index contributed by atoms with van der Waals surface area (Å²) in [5, 5.41) is 4.15. The molecule has 0 aliphatic heterocycles. The summed E-state index contributed by atoms with van der Waals surface area (Å²) in [5.74, 6) is 0.706. The maximum atomic E-state index is 13.7. The highest BCUT2D eigenvalue weighted by Gasteiger charge is 2.28. The Morgan fingerprint density at radius 3 is 2.65 bits per heavy atom. The highest BCUT2D eigenvalue weighted by atomic mass is 19.1. The van der Waals surface area contributed by atoms with Crippen LogP contribution < -0.4 is 5.32 Å². The molecular weight excluding hydrogens is 257 g/mol. The summed E-state index contributed by atoms with van der Waals surface area (Å²) in [6.07, 6.45) is -0.0291. The molecule has 3 nitrogen and oxygen atoms in total. The van der Waals surface area contributed by atoms with Gasteiger partial charge < -0.3 is 14.5 Å². The number of hydrogen-bond donors (Lipinski definition) is 1. The Kier molecular flexibility index (Phi) is 4.78. The number of nitrogens with one attached hydrogen (secondary N) is 1. The Hall–Kier alpha value is -1.39. The molecular formula is C16H22FNO2. The van der Waals surface area contributed by atoms with Crippen molar-refractivity contribution in [1.82, 2.24) is 5.32 Å². The standard InChI is InChI=1S/C16H22FNO2/c1-5-18-14(15(19-4)10(2)3)13-9-11-7-6-8-12(17)16(11)20-13/h6-10,14-15,18H,5H2,1-4H3. The van der Waals surface area contributed by atoms with Crippen LogP contribution in [-0.2, 0) is 4.74 Å². The van der Waals surface area contributed by atoms with Gasteiger partial charge in [-0.15, -0.1) is 0 Å². The Labute approximate surface area is 119 Å². The van der Waals surface area contributed by atoms with Gasteiger partial charge in [0, 0.05) is 12.5 Å². The first-order valence-corrected chi connectivity index (χ1v) is 7.02. The lowest BCUT2D eigenvalue weighted by molar-refractivity contribution is 0.0273. The fraction of sp³-hybridized carbons (Fsp3) is 0.500. The Bertz CT molecular complexity index is 565. The molecule has 2 unspecified atom stereocenters. The van der Waals surface area contributed by atoms with E-state index in [1.165, 1.54) is 6.07 Å². The first kappa shape index (κ1) is 15.0. The predicted octanol–water partition coefficient (Wildman–Crippen LogP) is 3.89. The average molecular weight is 279 g/mol. The summed E-state index contributed by atoms with van der Waals surface area (Å²) in [4.78, 5) is 0. The van der Waals surface area contributed by atoms with E-state index < -0.39 is 0 Å². The molecule has 4 heteroatoms. The summed E-state index contributed by atoms with van der Waals surface area (Å²) < 4.78 is 25.1. The lowest BCUT2D eigenvalue weighted by Crippen LogP contribution is -2.36. The van der Waals surface area contributed by atoms with Crippen LogP contribution in [0.2, 0.25) is 0 Å². The molecule has 0 saturated heterocycles. The first-order valence-electron chi connectivity index (χ1n) is 7.02. The minimum Gasteiger partial charge on any atom is -0.456 e. The van der Waals surface area contributed by atoms with Gasteiger partial charge in [0.1, 0.15) is 5.76 Å². The summed E-state index contributed by atoms with van der Waals surface area (Å²) in [5.41, 5.74) is 0.309. The van der Waals surface area contributed by atoms with Gasteiger partial charge in [0.15, 0.2) is 11.4 Å². The van der Waals surface area contributed by atoms with Gasteiger partial charge in [-0.2, -0.15) is 0 Å². The molecule has 0 amide bonds. The van der Waals surface area contributed by atoms with Gasteiger partial charge in [0.05, 0.1) is 12.1 Å². The number of rotatable bonds is 6. The monoisotopic (exact) mass is 279 g/mol. The fourth-order valence-electron chi connectivity index (χ4n) is 2.59. The van der Waals surface area contributed by atoms with E-state index in [-0.39, 0.29) is 18.0 Å². The number of hydrogen-bond acceptors (Lipinski definition) is 3. The van der Waals surface area contributed by atoms with Gasteiger partial charge in [-0.3, -0.25) is 0 Å². The van der Waals surface area contributed by atoms with E-state index in [4.69, 9.17) is 9.15 Å². The second-order valence-electron chi connectivity index (χ2n) is 5.29. The molecule has 2 rings (SSSR count). The predicted molar refractivity (Wildman–Crippen MR) is 78.2 cm³/mol. The molecule has 0 radical (unpaired) electrons. The summed E-state index contributed by atoms with van der Waals surface area (Å²) in [6.45, 7) is 7.02. The number of methoxy groups -OCH3 is 1. The Morgan fingerprint density at radius 1 is 1.35 bits per heavy atom. The molecule has 0 aliphatic rings. The third-order valence-corrected chi connectivity index (χ3v) is 3.50. The minimum absolute atomic E-state index is 0.0291. The van der Waals surface area contributed by atoms with E-state index in [0.29, 0.717) is 17.3 Å². The number of furan rings is 1. The van der Waals surface area contributed by atoms with E-state index in [0.717, 1.165) is 11.9 Å². The topological polar surface area (TPSA) is 34.4 Å².